The van der Waals surface area contributed by atoms with E-state index < -0.39 is 5.97 Å². The molecule has 0 amide bonds. The lowest BCUT2D eigenvalue weighted by Gasteiger charge is -1.89. The van der Waals surface area contributed by atoms with E-state index in [9.17, 15) is 4.79 Å². The molecule has 60 valence electrons. The molecule has 1 aromatic heterocycles. The van der Waals surface area contributed by atoms with Crippen LogP contribution in [0, 0.1) is 6.92 Å². The van der Waals surface area contributed by atoms with Gasteiger partial charge in [0.1, 0.15) is 0 Å². The maximum absolute atomic E-state index is 10.3. The third-order valence-electron chi connectivity index (χ3n) is 1.43. The molecule has 0 spiro atoms. The quantitative estimate of drug-likeness (QED) is 0.669. The molecule has 0 radical (unpaired) electrons. The van der Waals surface area contributed by atoms with Crippen molar-refractivity contribution in [1.82, 2.24) is 9.78 Å². The van der Waals surface area contributed by atoms with E-state index in [1.54, 1.807) is 17.9 Å². The van der Waals surface area contributed by atoms with E-state index in [0.29, 0.717) is 5.69 Å². The molecule has 4 nitrogen and oxygen atoms in total. The first-order valence-corrected chi connectivity index (χ1v) is 3.30. The first-order chi connectivity index (χ1) is 5.09. The number of carboxylic acids is 1. The summed E-state index contributed by atoms with van der Waals surface area (Å²) < 4.78 is 1.62. The second kappa shape index (κ2) is 2.74. The maximum Gasteiger partial charge on any atom is 0.309 e. The molecule has 0 aliphatic rings. The Bertz CT molecular complexity index is 278. The third-order valence-corrected chi connectivity index (χ3v) is 1.43. The van der Waals surface area contributed by atoms with Crippen LogP contribution in [0.2, 0.25) is 0 Å². The lowest BCUT2D eigenvalue weighted by Crippen LogP contribution is -2.02. The van der Waals surface area contributed by atoms with Gasteiger partial charge in [-0.3, -0.25) is 9.48 Å². The lowest BCUT2D eigenvalue weighted by atomic mass is 10.2. The second-order valence-electron chi connectivity index (χ2n) is 2.50. The zero-order valence-corrected chi connectivity index (χ0v) is 6.53. The molecule has 0 saturated carbocycles. The zero-order chi connectivity index (χ0) is 8.43. The number of aromatic nitrogens is 2. The minimum atomic E-state index is -0.841. The first-order valence-electron chi connectivity index (χ1n) is 3.30. The lowest BCUT2D eigenvalue weighted by molar-refractivity contribution is -0.136. The number of aryl methyl sites for hydroxylation is 2. The number of nitrogens with zero attached hydrogens (tertiary/aromatic N) is 2. The highest BCUT2D eigenvalue weighted by atomic mass is 16.4. The van der Waals surface area contributed by atoms with Gasteiger partial charge in [-0.05, 0) is 12.5 Å². The van der Waals surface area contributed by atoms with Gasteiger partial charge in [-0.2, -0.15) is 5.10 Å². The van der Waals surface area contributed by atoms with Crippen LogP contribution in [0.1, 0.15) is 11.3 Å². The largest absolute Gasteiger partial charge is 0.481 e. The topological polar surface area (TPSA) is 55.1 Å². The van der Waals surface area contributed by atoms with E-state index >= 15 is 0 Å². The van der Waals surface area contributed by atoms with E-state index in [0.717, 1.165) is 5.56 Å². The molecular weight excluding hydrogens is 144 g/mol. The van der Waals surface area contributed by atoms with Crippen LogP contribution in [0.3, 0.4) is 0 Å². The van der Waals surface area contributed by atoms with Crippen LogP contribution < -0.4 is 0 Å². The Hall–Kier alpha value is -1.32. The van der Waals surface area contributed by atoms with Crippen molar-refractivity contribution in [2.45, 2.75) is 13.3 Å². The highest BCUT2D eigenvalue weighted by molar-refractivity contribution is 5.69. The Kier molecular flexibility index (Phi) is 1.94. The van der Waals surface area contributed by atoms with Crippen molar-refractivity contribution in [3.05, 3.63) is 17.5 Å². The predicted molar refractivity (Wildman–Crippen MR) is 39.3 cm³/mol. The third kappa shape index (κ3) is 1.80. The van der Waals surface area contributed by atoms with Gasteiger partial charge >= 0.3 is 5.97 Å². The van der Waals surface area contributed by atoms with Crippen LogP contribution in [0.4, 0.5) is 0 Å². The monoisotopic (exact) mass is 154 g/mol. The van der Waals surface area contributed by atoms with E-state index in [1.807, 2.05) is 6.92 Å². The summed E-state index contributed by atoms with van der Waals surface area (Å²) in [6.45, 7) is 1.85. The van der Waals surface area contributed by atoms with Crippen LogP contribution in [0.5, 0.6) is 0 Å². The predicted octanol–water partition coefficient (Wildman–Crippen LogP) is 0.356. The summed E-state index contributed by atoms with van der Waals surface area (Å²) in [5.74, 6) is -0.841. The highest BCUT2D eigenvalue weighted by Gasteiger charge is 2.06. The van der Waals surface area contributed by atoms with Crippen molar-refractivity contribution in [3.8, 4) is 0 Å². The molecule has 4 heteroatoms. The number of hydrogen-bond donors (Lipinski definition) is 1. The molecule has 0 aliphatic heterocycles. The van der Waals surface area contributed by atoms with Crippen molar-refractivity contribution >= 4 is 5.97 Å². The Morgan fingerprint density at radius 3 is 2.82 bits per heavy atom. The van der Waals surface area contributed by atoms with Crippen molar-refractivity contribution in [2.24, 2.45) is 7.05 Å². The van der Waals surface area contributed by atoms with Crippen LogP contribution in [-0.2, 0) is 18.3 Å². The van der Waals surface area contributed by atoms with Crippen molar-refractivity contribution in [3.63, 3.8) is 0 Å². The van der Waals surface area contributed by atoms with Gasteiger partial charge < -0.3 is 5.11 Å². The zero-order valence-electron chi connectivity index (χ0n) is 6.53. The van der Waals surface area contributed by atoms with Gasteiger partial charge in [0, 0.05) is 13.2 Å². The fourth-order valence-electron chi connectivity index (χ4n) is 0.971. The molecule has 0 saturated heterocycles. The molecule has 0 fully saturated rings. The second-order valence-corrected chi connectivity index (χ2v) is 2.50. The first kappa shape index (κ1) is 7.78. The SMILES string of the molecule is Cc1cn(C)nc1CC(=O)O. The average Bonchev–Trinajstić information content (AvgIpc) is 2.09. The van der Waals surface area contributed by atoms with E-state index in [1.165, 1.54) is 0 Å². The smallest absolute Gasteiger partial charge is 0.309 e. The fraction of sp³-hybridized carbons (Fsp3) is 0.429. The van der Waals surface area contributed by atoms with Crippen LogP contribution in [0.25, 0.3) is 0 Å². The van der Waals surface area contributed by atoms with Crippen molar-refractivity contribution in [2.75, 3.05) is 0 Å². The number of hydrogen-bond acceptors (Lipinski definition) is 2. The van der Waals surface area contributed by atoms with Crippen molar-refractivity contribution < 1.29 is 9.90 Å². The molecule has 1 N–H and O–H groups in total. The van der Waals surface area contributed by atoms with Gasteiger partial charge in [-0.25, -0.2) is 0 Å². The normalized spacial score (nSPS) is 10.0. The molecule has 0 atom stereocenters. The number of rotatable bonds is 2. The van der Waals surface area contributed by atoms with Gasteiger partial charge in [0.05, 0.1) is 12.1 Å². The molecule has 1 rings (SSSR count). The molecule has 0 aromatic carbocycles. The van der Waals surface area contributed by atoms with Gasteiger partial charge in [0.25, 0.3) is 0 Å². The summed E-state index contributed by atoms with van der Waals surface area (Å²) in [5.41, 5.74) is 1.56. The summed E-state index contributed by atoms with van der Waals surface area (Å²) in [6, 6.07) is 0. The minimum absolute atomic E-state index is 0.00662. The average molecular weight is 154 g/mol. The molecule has 1 heterocycles. The Morgan fingerprint density at radius 2 is 2.45 bits per heavy atom. The van der Waals surface area contributed by atoms with Gasteiger partial charge in [-0.1, -0.05) is 0 Å². The van der Waals surface area contributed by atoms with Gasteiger partial charge in [0.15, 0.2) is 0 Å². The van der Waals surface area contributed by atoms with Gasteiger partial charge in [0.2, 0.25) is 0 Å². The molecular formula is C7H10N2O2. The number of carboxylic acid groups (broad SMARTS) is 1. The summed E-state index contributed by atoms with van der Waals surface area (Å²) in [4.78, 5) is 10.3. The minimum Gasteiger partial charge on any atom is -0.481 e. The molecule has 0 aliphatic carbocycles. The summed E-state index contributed by atoms with van der Waals surface area (Å²) >= 11 is 0. The Labute approximate surface area is 64.5 Å². The maximum atomic E-state index is 10.3. The summed E-state index contributed by atoms with van der Waals surface area (Å²) in [6.07, 6.45) is 1.81. The van der Waals surface area contributed by atoms with Gasteiger partial charge in [-0.15, -0.1) is 0 Å². The van der Waals surface area contributed by atoms with E-state index in [2.05, 4.69) is 5.10 Å². The standard InChI is InChI=1S/C7H10N2O2/c1-5-4-9(2)8-6(5)3-7(10)11/h4H,3H2,1-2H3,(H,10,11). The van der Waals surface area contributed by atoms with Crippen LogP contribution in [0.15, 0.2) is 6.20 Å². The van der Waals surface area contributed by atoms with Crippen molar-refractivity contribution in [1.29, 1.82) is 0 Å². The number of aliphatic carboxylic acids is 1. The Balaban J connectivity index is 2.85. The van der Waals surface area contributed by atoms with Crippen LogP contribution in [-0.4, -0.2) is 20.9 Å². The summed E-state index contributed by atoms with van der Waals surface area (Å²) in [7, 11) is 1.78. The van der Waals surface area contributed by atoms with E-state index in [-0.39, 0.29) is 6.42 Å². The highest BCUT2D eigenvalue weighted by Crippen LogP contribution is 2.04. The molecule has 0 unspecified atom stereocenters. The molecule has 1 aromatic rings. The number of carbonyl (C=O) groups is 1. The molecule has 11 heavy (non-hydrogen) atoms. The van der Waals surface area contributed by atoms with E-state index in [4.69, 9.17) is 5.11 Å². The Morgan fingerprint density at radius 1 is 1.82 bits per heavy atom. The summed E-state index contributed by atoms with van der Waals surface area (Å²) in [5, 5.41) is 12.4. The van der Waals surface area contributed by atoms with Crippen LogP contribution >= 0.6 is 0 Å². The fourth-order valence-corrected chi connectivity index (χ4v) is 0.971. The molecule has 0 bridgehead atoms.